The fourth-order valence-electron chi connectivity index (χ4n) is 0. The van der Waals surface area contributed by atoms with Crippen LogP contribution in [0.3, 0.4) is 0 Å². The quantitative estimate of drug-likeness (QED) is 0.435. The molecule has 0 unspecified atom stereocenters. The van der Waals surface area contributed by atoms with E-state index in [9.17, 15) is 0 Å². The summed E-state index contributed by atoms with van der Waals surface area (Å²) < 4.78 is 33.1. The first-order valence-corrected chi connectivity index (χ1v) is 2.81. The van der Waals surface area contributed by atoms with E-state index in [0.717, 1.165) is 0 Å². The van der Waals surface area contributed by atoms with Crippen LogP contribution in [0.1, 0.15) is 0 Å². The molecule has 7 heteroatoms. The fourth-order valence-corrected chi connectivity index (χ4v) is 0. The monoisotopic (exact) mass is 189 g/mol. The van der Waals surface area contributed by atoms with Crippen molar-refractivity contribution in [2.45, 2.75) is 0 Å². The summed E-state index contributed by atoms with van der Waals surface area (Å²) in [5.41, 5.74) is 0. The van der Waals surface area contributed by atoms with Gasteiger partial charge in [0.25, 0.3) is 0 Å². The molecule has 0 amide bonds. The third-order valence-corrected chi connectivity index (χ3v) is 0. The summed E-state index contributed by atoms with van der Waals surface area (Å²) in [4.78, 5) is 0. The summed E-state index contributed by atoms with van der Waals surface area (Å²) in [7, 11) is 0. The summed E-state index contributed by atoms with van der Waals surface area (Å²) in [5, 5.41) is 0. The topological polar surface area (TPSA) is 112 Å². The van der Waals surface area contributed by atoms with Crippen molar-refractivity contribution in [3.8, 4) is 0 Å². The van der Waals surface area contributed by atoms with Crippen molar-refractivity contribution in [1.82, 2.24) is 6.15 Å². The Morgan fingerprint density at radius 3 is 1.43 bits per heavy atom. The molecular weight excluding hydrogens is 185 g/mol. The van der Waals surface area contributed by atoms with E-state index in [2.05, 4.69) is 0 Å². The van der Waals surface area contributed by atoms with Crippen LogP contribution in [-0.2, 0) is 38.3 Å². The van der Waals surface area contributed by atoms with Gasteiger partial charge in [0.2, 0.25) is 0 Å². The van der Waals surface area contributed by atoms with E-state index in [1.54, 1.807) is 0 Å². The van der Waals surface area contributed by atoms with E-state index in [0.29, 0.717) is 0 Å². The molecule has 0 spiro atoms. The molecule has 0 fully saturated rings. The van der Waals surface area contributed by atoms with Gasteiger partial charge >= 0.3 is 29.5 Å². The first-order valence-electron chi connectivity index (χ1n) is 0.683. The van der Waals surface area contributed by atoms with Gasteiger partial charge in [-0.2, -0.15) is 0 Å². The Morgan fingerprint density at radius 1 is 1.43 bits per heavy atom. The van der Waals surface area contributed by atoms with Crippen LogP contribution in [-0.4, -0.2) is 4.16 Å². The van der Waals surface area contributed by atoms with Gasteiger partial charge in [0.15, 0.2) is 0 Å². The second-order valence-electron chi connectivity index (χ2n) is 0.428. The standard InChI is InChI=1S/Cr.Mn.H3N.H2O.3O/h;;1H3;1H2;;;/q+1;;;;;;-1/p-1. The van der Waals surface area contributed by atoms with Crippen LogP contribution in [0.5, 0.6) is 0 Å². The van der Waals surface area contributed by atoms with Gasteiger partial charge in [-0.15, -0.1) is 0 Å². The zero-order valence-electron chi connectivity index (χ0n) is 3.17. The van der Waals surface area contributed by atoms with Crippen LogP contribution >= 0.6 is 0 Å². The molecule has 0 rings (SSSR count). The van der Waals surface area contributed by atoms with Crippen LogP contribution in [0, 0.1) is 0 Å². The first-order chi connectivity index (χ1) is 2.00. The Labute approximate surface area is 53.2 Å². The molecule has 0 aliphatic carbocycles. The zero-order valence-corrected chi connectivity index (χ0v) is 5.62. The van der Waals surface area contributed by atoms with Crippen molar-refractivity contribution >= 4 is 0 Å². The van der Waals surface area contributed by atoms with Crippen LogP contribution < -0.4 is 10.3 Å². The van der Waals surface area contributed by atoms with Crippen LogP contribution in [0.2, 0.25) is 0 Å². The van der Waals surface area contributed by atoms with Crippen molar-refractivity contribution in [2.24, 2.45) is 0 Å². The Bertz CT molecular complexity index is 94.9. The normalized spacial score (nSPS) is 8.29. The summed E-state index contributed by atoms with van der Waals surface area (Å²) in [6.07, 6.45) is 0. The van der Waals surface area contributed by atoms with Crippen LogP contribution in [0.25, 0.3) is 0 Å². The van der Waals surface area contributed by atoms with E-state index in [4.69, 9.17) is 15.9 Å². The molecule has 5 nitrogen and oxygen atoms in total. The van der Waals surface area contributed by atoms with Gasteiger partial charge < -0.3 is 6.15 Å². The predicted octanol–water partition coefficient (Wildman–Crippen LogP) is -1.83. The molecule has 0 saturated heterocycles. The first kappa shape index (κ1) is 15.6. The molecule has 47 valence electrons. The zero-order chi connectivity index (χ0) is 4.50. The van der Waals surface area contributed by atoms with Gasteiger partial charge in [0.1, 0.15) is 0 Å². The number of rotatable bonds is 0. The molecule has 0 saturated carbocycles. The molecule has 0 aromatic carbocycles. The molecule has 0 aliphatic rings. The van der Waals surface area contributed by atoms with Gasteiger partial charge in [0.05, 0.1) is 0 Å². The van der Waals surface area contributed by atoms with Gasteiger partial charge in [-0.25, -0.2) is 0 Å². The summed E-state index contributed by atoms with van der Waals surface area (Å²) >= 11 is -5.50. The van der Waals surface area contributed by atoms with Gasteiger partial charge in [-0.1, -0.05) is 0 Å². The van der Waals surface area contributed by atoms with Crippen molar-refractivity contribution in [1.29, 1.82) is 0 Å². The Kier molecular flexibility index (Phi) is 10.5. The van der Waals surface area contributed by atoms with Crippen molar-refractivity contribution < 1.29 is 46.6 Å². The fraction of sp³-hybridized carbons (Fsp3) is 0. The van der Waals surface area contributed by atoms with E-state index in [-0.39, 0.29) is 23.2 Å². The molecule has 0 bridgehead atoms. The number of hydrogen-bond donors (Lipinski definition) is 2. The molecule has 0 atom stereocenters. The summed E-state index contributed by atoms with van der Waals surface area (Å²) in [6.45, 7) is 0. The second-order valence-corrected chi connectivity index (χ2v) is 1.76. The van der Waals surface area contributed by atoms with Crippen LogP contribution in [0.15, 0.2) is 0 Å². The van der Waals surface area contributed by atoms with Crippen molar-refractivity contribution in [3.63, 3.8) is 0 Å². The SMILES string of the molecule is N.[Mn].[O]=[Cr](=[O])([O-])[OH]. The minimum absolute atomic E-state index is 0. The van der Waals surface area contributed by atoms with E-state index in [1.165, 1.54) is 0 Å². The van der Waals surface area contributed by atoms with E-state index in [1.807, 2.05) is 0 Å². The molecule has 0 aromatic heterocycles. The van der Waals surface area contributed by atoms with Gasteiger partial charge in [0, 0.05) is 17.1 Å². The average molecular weight is 189 g/mol. The minimum atomic E-state index is -5.50. The third-order valence-electron chi connectivity index (χ3n) is 0. The Morgan fingerprint density at radius 2 is 1.43 bits per heavy atom. The maximum absolute atomic E-state index is 8.70. The van der Waals surface area contributed by atoms with E-state index < -0.39 is 13.6 Å². The molecule has 7 heavy (non-hydrogen) atoms. The van der Waals surface area contributed by atoms with Crippen LogP contribution in [0.4, 0.5) is 0 Å². The van der Waals surface area contributed by atoms with Gasteiger partial charge in [-0.05, 0) is 0 Å². The van der Waals surface area contributed by atoms with Gasteiger partial charge in [-0.3, -0.25) is 0 Å². The summed E-state index contributed by atoms with van der Waals surface area (Å²) in [5.74, 6) is 0. The van der Waals surface area contributed by atoms with Crippen molar-refractivity contribution in [2.75, 3.05) is 0 Å². The molecule has 0 aromatic rings. The van der Waals surface area contributed by atoms with Crippen molar-refractivity contribution in [3.05, 3.63) is 0 Å². The average Bonchev–Trinajstić information content (AvgIpc) is 0.722. The molecule has 0 aliphatic heterocycles. The molecule has 4 N–H and O–H groups in total. The Balaban J connectivity index is -0.0000000800. The summed E-state index contributed by atoms with van der Waals surface area (Å²) in [6, 6.07) is 0. The molecule has 0 heterocycles. The van der Waals surface area contributed by atoms with E-state index >= 15 is 0 Å². The maximum atomic E-state index is 8.70. The Hall–Kier alpha value is 0.532. The number of hydrogen-bond acceptors (Lipinski definition) is 4. The molecular formula is H4CrMnNO4-. The third kappa shape index (κ3) is 474. The molecule has 1 radical (unpaired) electrons. The second kappa shape index (κ2) is 4.69. The predicted molar refractivity (Wildman–Crippen MR) is 8.61 cm³/mol.